The van der Waals surface area contributed by atoms with Gasteiger partial charge in [-0.2, -0.15) is 0 Å². The zero-order chi connectivity index (χ0) is 16.9. The molecule has 2 unspecified atom stereocenters. The summed E-state index contributed by atoms with van der Waals surface area (Å²) in [5.41, 5.74) is 0.193. The molecule has 140 valence electrons. The van der Waals surface area contributed by atoms with Gasteiger partial charge in [-0.1, -0.05) is 12.5 Å². The predicted molar refractivity (Wildman–Crippen MR) is 108 cm³/mol. The summed E-state index contributed by atoms with van der Waals surface area (Å²) in [6.07, 6.45) is 4.63. The summed E-state index contributed by atoms with van der Waals surface area (Å²) in [4.78, 5) is 6.67. The summed E-state index contributed by atoms with van der Waals surface area (Å²) in [6, 6.07) is 4.08. The van der Waals surface area contributed by atoms with Gasteiger partial charge in [0.25, 0.3) is 0 Å². The summed E-state index contributed by atoms with van der Waals surface area (Å²) in [6.45, 7) is 4.16. The molecule has 1 aliphatic heterocycles. The first-order chi connectivity index (χ1) is 11.7. The van der Waals surface area contributed by atoms with Crippen LogP contribution in [0.4, 0.5) is 8.78 Å². The first-order valence-corrected chi connectivity index (χ1v) is 8.82. The molecule has 1 aliphatic carbocycles. The fourth-order valence-corrected chi connectivity index (χ4v) is 3.42. The molecule has 4 nitrogen and oxygen atoms in total. The summed E-state index contributed by atoms with van der Waals surface area (Å²) in [5, 5.41) is 6.57. The highest BCUT2D eigenvalue weighted by Crippen LogP contribution is 2.42. The number of benzene rings is 1. The van der Waals surface area contributed by atoms with Crippen molar-refractivity contribution in [1.82, 2.24) is 15.5 Å². The van der Waals surface area contributed by atoms with E-state index in [4.69, 9.17) is 0 Å². The molecule has 0 radical (unpaired) electrons. The second kappa shape index (κ2) is 9.66. The molecular weight excluding hydrogens is 437 g/mol. The van der Waals surface area contributed by atoms with Gasteiger partial charge < -0.3 is 15.5 Å². The van der Waals surface area contributed by atoms with Gasteiger partial charge in [0.2, 0.25) is 0 Å². The SMILES string of the molecule is CN=C(NCCN1CCCCC1)NC1CC1c1c(F)cccc1F.I. The summed E-state index contributed by atoms with van der Waals surface area (Å²) >= 11 is 0. The van der Waals surface area contributed by atoms with Gasteiger partial charge in [0, 0.05) is 37.7 Å². The lowest BCUT2D eigenvalue weighted by Crippen LogP contribution is -2.43. The number of nitrogens with one attached hydrogen (secondary N) is 2. The molecule has 0 amide bonds. The van der Waals surface area contributed by atoms with E-state index in [1.807, 2.05) is 0 Å². The summed E-state index contributed by atoms with van der Waals surface area (Å²) in [5.74, 6) is -0.335. The maximum Gasteiger partial charge on any atom is 0.191 e. The van der Waals surface area contributed by atoms with Gasteiger partial charge in [-0.15, -0.1) is 24.0 Å². The van der Waals surface area contributed by atoms with Crippen molar-refractivity contribution in [2.24, 2.45) is 4.99 Å². The molecule has 7 heteroatoms. The number of guanidine groups is 1. The van der Waals surface area contributed by atoms with E-state index in [1.54, 1.807) is 7.05 Å². The van der Waals surface area contributed by atoms with Crippen LogP contribution in [0.1, 0.15) is 37.2 Å². The predicted octanol–water partition coefficient (Wildman–Crippen LogP) is 3.09. The van der Waals surface area contributed by atoms with Gasteiger partial charge >= 0.3 is 0 Å². The average Bonchev–Trinajstić information content (AvgIpc) is 3.33. The molecule has 1 heterocycles. The van der Waals surface area contributed by atoms with E-state index in [0.29, 0.717) is 5.96 Å². The van der Waals surface area contributed by atoms with E-state index in [0.717, 1.165) is 19.5 Å². The Balaban J connectivity index is 0.00000225. The van der Waals surface area contributed by atoms with Crippen LogP contribution in [0.25, 0.3) is 0 Å². The molecule has 2 atom stereocenters. The number of hydrogen-bond donors (Lipinski definition) is 2. The standard InChI is InChI=1S/C18H26F2N4.HI/c1-21-18(22-8-11-24-9-3-2-4-10-24)23-16-12-13(16)17-14(19)6-5-7-15(17)20;/h5-7,13,16H,2-4,8-12H2,1H3,(H2,21,22,23);1H. The lowest BCUT2D eigenvalue weighted by Gasteiger charge is -2.26. The Bertz CT molecular complexity index is 570. The highest BCUT2D eigenvalue weighted by atomic mass is 127. The van der Waals surface area contributed by atoms with Crippen molar-refractivity contribution in [3.63, 3.8) is 0 Å². The Morgan fingerprint density at radius 3 is 2.52 bits per heavy atom. The van der Waals surface area contributed by atoms with E-state index in [2.05, 4.69) is 20.5 Å². The Kier molecular flexibility index (Phi) is 7.86. The Labute approximate surface area is 165 Å². The number of piperidine rings is 1. The van der Waals surface area contributed by atoms with Crippen LogP contribution >= 0.6 is 24.0 Å². The van der Waals surface area contributed by atoms with Gasteiger partial charge in [0.15, 0.2) is 5.96 Å². The van der Waals surface area contributed by atoms with Crippen molar-refractivity contribution < 1.29 is 8.78 Å². The maximum absolute atomic E-state index is 13.8. The minimum Gasteiger partial charge on any atom is -0.355 e. The molecule has 25 heavy (non-hydrogen) atoms. The van der Waals surface area contributed by atoms with Gasteiger partial charge in [-0.3, -0.25) is 4.99 Å². The van der Waals surface area contributed by atoms with Gasteiger partial charge in [-0.05, 0) is 44.5 Å². The molecule has 1 saturated carbocycles. The van der Waals surface area contributed by atoms with Crippen LogP contribution in [-0.4, -0.2) is 50.1 Å². The van der Waals surface area contributed by atoms with E-state index in [-0.39, 0.29) is 41.5 Å². The monoisotopic (exact) mass is 464 g/mol. The summed E-state index contributed by atoms with van der Waals surface area (Å²) in [7, 11) is 1.72. The minimum atomic E-state index is -0.461. The molecule has 1 saturated heterocycles. The molecule has 0 bridgehead atoms. The van der Waals surface area contributed by atoms with Gasteiger partial charge in [0.1, 0.15) is 11.6 Å². The zero-order valence-corrected chi connectivity index (χ0v) is 16.9. The van der Waals surface area contributed by atoms with Crippen LogP contribution in [0.2, 0.25) is 0 Å². The number of rotatable bonds is 5. The number of aliphatic imine (C=N–C) groups is 1. The molecule has 3 rings (SSSR count). The first kappa shape index (κ1) is 20.4. The van der Waals surface area contributed by atoms with E-state index in [1.165, 1.54) is 50.6 Å². The minimum absolute atomic E-state index is 0. The molecule has 0 aromatic heterocycles. The van der Waals surface area contributed by atoms with E-state index < -0.39 is 11.6 Å². The molecule has 2 fully saturated rings. The van der Waals surface area contributed by atoms with Crippen molar-refractivity contribution in [3.05, 3.63) is 35.4 Å². The molecule has 1 aromatic carbocycles. The molecule has 1 aromatic rings. The topological polar surface area (TPSA) is 39.7 Å². The number of halogens is 3. The van der Waals surface area contributed by atoms with Crippen molar-refractivity contribution in [2.75, 3.05) is 33.2 Å². The Morgan fingerprint density at radius 1 is 1.20 bits per heavy atom. The number of likely N-dealkylation sites (tertiary alicyclic amines) is 1. The molecule has 2 N–H and O–H groups in total. The van der Waals surface area contributed by atoms with Crippen LogP contribution in [0.5, 0.6) is 0 Å². The van der Waals surface area contributed by atoms with E-state index in [9.17, 15) is 8.78 Å². The van der Waals surface area contributed by atoms with Crippen molar-refractivity contribution in [2.45, 2.75) is 37.6 Å². The molecule has 0 spiro atoms. The Morgan fingerprint density at radius 2 is 1.88 bits per heavy atom. The highest BCUT2D eigenvalue weighted by molar-refractivity contribution is 14.0. The maximum atomic E-state index is 13.8. The second-order valence-corrected chi connectivity index (χ2v) is 6.63. The van der Waals surface area contributed by atoms with Crippen LogP contribution < -0.4 is 10.6 Å². The lowest BCUT2D eigenvalue weighted by molar-refractivity contribution is 0.232. The Hall–Kier alpha value is -0.960. The number of nitrogens with zero attached hydrogens (tertiary/aromatic N) is 2. The third kappa shape index (κ3) is 5.51. The quantitative estimate of drug-likeness (QED) is 0.400. The third-order valence-electron chi connectivity index (χ3n) is 4.88. The van der Waals surface area contributed by atoms with Gasteiger partial charge in [0.05, 0.1) is 0 Å². The van der Waals surface area contributed by atoms with E-state index >= 15 is 0 Å². The molecular formula is C18H27F2IN4. The van der Waals surface area contributed by atoms with Crippen molar-refractivity contribution in [1.29, 1.82) is 0 Å². The molecule has 2 aliphatic rings. The second-order valence-electron chi connectivity index (χ2n) is 6.63. The highest BCUT2D eigenvalue weighted by Gasteiger charge is 2.42. The van der Waals surface area contributed by atoms with Crippen LogP contribution in [0, 0.1) is 11.6 Å². The fourth-order valence-electron chi connectivity index (χ4n) is 3.42. The van der Waals surface area contributed by atoms with Crippen molar-refractivity contribution in [3.8, 4) is 0 Å². The van der Waals surface area contributed by atoms with Crippen molar-refractivity contribution >= 4 is 29.9 Å². The number of hydrogen-bond acceptors (Lipinski definition) is 2. The van der Waals surface area contributed by atoms with Gasteiger partial charge in [-0.25, -0.2) is 8.78 Å². The fraction of sp³-hybridized carbons (Fsp3) is 0.611. The van der Waals surface area contributed by atoms with Crippen LogP contribution in [0.3, 0.4) is 0 Å². The smallest absolute Gasteiger partial charge is 0.191 e. The largest absolute Gasteiger partial charge is 0.355 e. The van der Waals surface area contributed by atoms with Crippen LogP contribution in [-0.2, 0) is 0 Å². The zero-order valence-electron chi connectivity index (χ0n) is 14.6. The lowest BCUT2D eigenvalue weighted by atomic mass is 10.1. The summed E-state index contributed by atoms with van der Waals surface area (Å²) < 4.78 is 27.6. The average molecular weight is 464 g/mol. The third-order valence-corrected chi connectivity index (χ3v) is 4.88. The normalized spacial score (nSPS) is 23.7. The first-order valence-electron chi connectivity index (χ1n) is 8.82. The van der Waals surface area contributed by atoms with Crippen LogP contribution in [0.15, 0.2) is 23.2 Å².